The van der Waals surface area contributed by atoms with Crippen LogP contribution in [0.1, 0.15) is 50.5 Å². The van der Waals surface area contributed by atoms with Crippen molar-refractivity contribution in [1.82, 2.24) is 0 Å². The third kappa shape index (κ3) is 4.03. The fourth-order valence-electron chi connectivity index (χ4n) is 4.67. The molecule has 164 valence electrons. The van der Waals surface area contributed by atoms with Crippen molar-refractivity contribution in [2.75, 3.05) is 12.4 Å². The van der Waals surface area contributed by atoms with Gasteiger partial charge >= 0.3 is 0 Å². The molecule has 1 N–H and O–H groups in total. The highest BCUT2D eigenvalue weighted by atomic mass is 16.5. The van der Waals surface area contributed by atoms with Gasteiger partial charge < -0.3 is 14.8 Å². The van der Waals surface area contributed by atoms with Crippen molar-refractivity contribution in [3.8, 4) is 22.6 Å². The fraction of sp³-hybridized carbons (Fsp3) is 0.241. The molecule has 3 aromatic rings. The molecule has 3 heteroatoms. The highest BCUT2D eigenvalue weighted by molar-refractivity contribution is 5.91. The lowest BCUT2D eigenvalue weighted by Crippen LogP contribution is -2.32. The van der Waals surface area contributed by atoms with Gasteiger partial charge in [0, 0.05) is 16.8 Å². The molecule has 0 saturated heterocycles. The molecule has 2 aliphatic heterocycles. The number of benzene rings is 3. The van der Waals surface area contributed by atoms with E-state index in [0.29, 0.717) is 0 Å². The smallest absolute Gasteiger partial charge is 0.131 e. The summed E-state index contributed by atoms with van der Waals surface area (Å²) in [4.78, 5) is 0. The molecule has 1 atom stereocenters. The van der Waals surface area contributed by atoms with E-state index in [1.807, 2.05) is 54.6 Å². The number of allylic oxidation sites excluding steroid dienone is 1. The largest absolute Gasteiger partial charge is 0.496 e. The summed E-state index contributed by atoms with van der Waals surface area (Å²) in [6.45, 7) is 12.3. The topological polar surface area (TPSA) is 30.5 Å². The van der Waals surface area contributed by atoms with Gasteiger partial charge in [-0.15, -0.1) is 0 Å². The van der Waals surface area contributed by atoms with Gasteiger partial charge in [0.15, 0.2) is 0 Å². The maximum absolute atomic E-state index is 6.23. The Hall–Kier alpha value is -3.46. The van der Waals surface area contributed by atoms with Crippen molar-refractivity contribution < 1.29 is 9.47 Å². The lowest BCUT2D eigenvalue weighted by atomic mass is 9.82. The highest BCUT2D eigenvalue weighted by Crippen LogP contribution is 2.51. The van der Waals surface area contributed by atoms with Gasteiger partial charge in [-0.05, 0) is 62.6 Å². The molecule has 2 aliphatic rings. The third-order valence-corrected chi connectivity index (χ3v) is 5.90. The van der Waals surface area contributed by atoms with Crippen LogP contribution in [0.4, 0.5) is 5.69 Å². The van der Waals surface area contributed by atoms with Crippen LogP contribution in [0.2, 0.25) is 0 Å². The fourth-order valence-corrected chi connectivity index (χ4v) is 4.67. The molecular weight excluding hydrogens is 394 g/mol. The van der Waals surface area contributed by atoms with Gasteiger partial charge in [-0.25, -0.2) is 0 Å². The van der Waals surface area contributed by atoms with E-state index < -0.39 is 0 Å². The van der Waals surface area contributed by atoms with E-state index >= 15 is 0 Å². The van der Waals surface area contributed by atoms with Crippen LogP contribution < -0.4 is 14.8 Å². The van der Waals surface area contributed by atoms with Crippen LogP contribution in [-0.2, 0) is 0 Å². The van der Waals surface area contributed by atoms with Crippen molar-refractivity contribution in [1.29, 1.82) is 0 Å². The molecule has 0 aromatic heterocycles. The zero-order chi connectivity index (χ0) is 22.9. The minimum absolute atomic E-state index is 0.000850. The molecule has 0 amide bonds. The number of fused-ring (bicyclic) bond motifs is 5. The minimum Gasteiger partial charge on any atom is -0.496 e. The van der Waals surface area contributed by atoms with E-state index in [4.69, 9.17) is 9.47 Å². The van der Waals surface area contributed by atoms with Gasteiger partial charge in [-0.3, -0.25) is 0 Å². The first-order valence-corrected chi connectivity index (χ1v) is 11.0. The third-order valence-electron chi connectivity index (χ3n) is 5.90. The number of methoxy groups -OCH3 is 1. The monoisotopic (exact) mass is 425 g/mol. The van der Waals surface area contributed by atoms with Gasteiger partial charge in [0.2, 0.25) is 0 Å². The van der Waals surface area contributed by atoms with Crippen molar-refractivity contribution in [2.45, 2.75) is 39.3 Å². The summed E-state index contributed by atoms with van der Waals surface area (Å²) in [6.07, 6.45) is 4.13. The molecule has 0 radical (unpaired) electrons. The molecule has 3 nitrogen and oxygen atoms in total. The number of rotatable bonds is 2. The Bertz CT molecular complexity index is 1180. The minimum atomic E-state index is -0.0420. The summed E-state index contributed by atoms with van der Waals surface area (Å²) in [5.74, 6) is 1.74. The Morgan fingerprint density at radius 1 is 1.00 bits per heavy atom. The standard InChI is InChI=1S/C21H23NO2.C8H8/c1-12-11-21(3,4)22-15-10-9-14-19(18(12)15)13(2)24-17-8-6-7-16(23-5)20(14)17;1-2-8-6-4-3-5-7-8/h6-11,13,22H,1-5H3;2-7H,1H2. The molecule has 5 rings (SSSR count). The summed E-state index contributed by atoms with van der Waals surface area (Å²) in [5, 5.41) is 3.63. The van der Waals surface area contributed by atoms with Gasteiger partial charge in [0.05, 0.1) is 18.2 Å². The Morgan fingerprint density at radius 3 is 2.41 bits per heavy atom. The lowest BCUT2D eigenvalue weighted by Gasteiger charge is -2.36. The van der Waals surface area contributed by atoms with Crippen molar-refractivity contribution >= 4 is 17.3 Å². The van der Waals surface area contributed by atoms with E-state index in [2.05, 4.69) is 57.8 Å². The van der Waals surface area contributed by atoms with E-state index in [9.17, 15) is 0 Å². The molecule has 0 aliphatic carbocycles. The predicted octanol–water partition coefficient (Wildman–Crippen LogP) is 7.75. The van der Waals surface area contributed by atoms with Crippen LogP contribution in [0.25, 0.3) is 22.8 Å². The van der Waals surface area contributed by atoms with E-state index in [1.54, 1.807) is 7.11 Å². The Kier molecular flexibility index (Phi) is 5.84. The summed E-state index contributed by atoms with van der Waals surface area (Å²) in [6, 6.07) is 20.4. The van der Waals surface area contributed by atoms with Gasteiger partial charge in [-0.1, -0.05) is 61.2 Å². The molecular formula is C29H31NO2. The summed E-state index contributed by atoms with van der Waals surface area (Å²) >= 11 is 0. The molecule has 2 heterocycles. The van der Waals surface area contributed by atoms with Gasteiger partial charge in [0.25, 0.3) is 0 Å². The van der Waals surface area contributed by atoms with E-state index in [-0.39, 0.29) is 11.6 Å². The first-order chi connectivity index (χ1) is 15.3. The number of ether oxygens (including phenoxy) is 2. The molecule has 32 heavy (non-hydrogen) atoms. The molecule has 0 saturated carbocycles. The molecule has 0 fully saturated rings. The van der Waals surface area contributed by atoms with Crippen LogP contribution in [0.15, 0.2) is 73.3 Å². The van der Waals surface area contributed by atoms with Crippen LogP contribution in [-0.4, -0.2) is 12.6 Å². The van der Waals surface area contributed by atoms with Crippen LogP contribution in [0.3, 0.4) is 0 Å². The SMILES string of the molecule is C=Cc1ccccc1.COc1cccc2c1-c1ccc3c(c1C(C)O2)C(C)=CC(C)(C)N3. The van der Waals surface area contributed by atoms with Crippen molar-refractivity contribution in [3.63, 3.8) is 0 Å². The first kappa shape index (κ1) is 21.8. The highest BCUT2D eigenvalue weighted by Gasteiger charge is 2.32. The zero-order valence-corrected chi connectivity index (χ0v) is 19.5. The first-order valence-electron chi connectivity index (χ1n) is 11.0. The van der Waals surface area contributed by atoms with Gasteiger partial charge in [-0.2, -0.15) is 0 Å². The predicted molar refractivity (Wildman–Crippen MR) is 135 cm³/mol. The van der Waals surface area contributed by atoms with E-state index in [1.165, 1.54) is 33.5 Å². The number of hydrogen-bond donors (Lipinski definition) is 1. The zero-order valence-electron chi connectivity index (χ0n) is 19.5. The van der Waals surface area contributed by atoms with Crippen molar-refractivity contribution in [2.24, 2.45) is 0 Å². The summed E-state index contributed by atoms with van der Waals surface area (Å²) in [5.41, 5.74) is 8.35. The molecule has 1 unspecified atom stereocenters. The van der Waals surface area contributed by atoms with Crippen LogP contribution in [0, 0.1) is 0 Å². The van der Waals surface area contributed by atoms with E-state index in [0.717, 1.165) is 17.1 Å². The van der Waals surface area contributed by atoms with Crippen LogP contribution >= 0.6 is 0 Å². The second-order valence-corrected chi connectivity index (χ2v) is 8.83. The summed E-state index contributed by atoms with van der Waals surface area (Å²) < 4.78 is 11.8. The average Bonchev–Trinajstić information content (AvgIpc) is 2.78. The molecule has 0 spiro atoms. The number of nitrogens with one attached hydrogen (secondary N) is 1. The Morgan fingerprint density at radius 2 is 1.75 bits per heavy atom. The van der Waals surface area contributed by atoms with Crippen LogP contribution in [0.5, 0.6) is 11.5 Å². The quantitative estimate of drug-likeness (QED) is 0.455. The summed E-state index contributed by atoms with van der Waals surface area (Å²) in [7, 11) is 1.71. The normalized spacial score (nSPS) is 17.0. The van der Waals surface area contributed by atoms with Gasteiger partial charge in [0.1, 0.15) is 17.6 Å². The number of anilines is 1. The number of hydrogen-bond acceptors (Lipinski definition) is 3. The molecule has 3 aromatic carbocycles. The average molecular weight is 426 g/mol. The second kappa shape index (κ2) is 8.58. The Labute approximate surface area is 191 Å². The second-order valence-electron chi connectivity index (χ2n) is 8.83. The maximum atomic E-state index is 6.23. The maximum Gasteiger partial charge on any atom is 0.131 e. The molecule has 0 bridgehead atoms. The Balaban J connectivity index is 0.000000260. The van der Waals surface area contributed by atoms with Crippen molar-refractivity contribution in [3.05, 3.63) is 90.0 Å². The lowest BCUT2D eigenvalue weighted by molar-refractivity contribution is 0.222.